The molecule has 2 N–H and O–H groups in total. The molecule has 0 saturated carbocycles. The molecule has 1 rings (SSSR count). The number of hydrogen-bond donors (Lipinski definition) is 1. The molecule has 66 valence electrons. The second kappa shape index (κ2) is 4.37. The van der Waals surface area contributed by atoms with Crippen LogP contribution in [0, 0.1) is 3.57 Å². The van der Waals surface area contributed by atoms with E-state index in [0.717, 1.165) is 5.69 Å². The Morgan fingerprint density at radius 1 is 1.42 bits per heavy atom. The van der Waals surface area contributed by atoms with Crippen LogP contribution in [-0.2, 0) is 0 Å². The number of thioether (sulfide) groups is 1. The van der Waals surface area contributed by atoms with E-state index in [1.165, 1.54) is 8.47 Å². The molecule has 0 unspecified atom stereocenters. The summed E-state index contributed by atoms with van der Waals surface area (Å²) in [6, 6.07) is 6.18. The molecule has 1 aromatic carbocycles. The van der Waals surface area contributed by atoms with Gasteiger partial charge in [0.25, 0.3) is 0 Å². The zero-order valence-corrected chi connectivity index (χ0v) is 10.1. The van der Waals surface area contributed by atoms with E-state index in [4.69, 9.17) is 5.73 Å². The fraction of sp³-hybridized carbons (Fsp3) is 0.333. The minimum absolute atomic E-state index is 0.590. The van der Waals surface area contributed by atoms with E-state index >= 15 is 0 Å². The molecule has 0 aliphatic carbocycles. The van der Waals surface area contributed by atoms with Gasteiger partial charge in [0.2, 0.25) is 0 Å². The van der Waals surface area contributed by atoms with Gasteiger partial charge in [-0.05, 0) is 40.8 Å². The molecule has 0 aliphatic heterocycles. The Labute approximate surface area is 91.3 Å². The highest BCUT2D eigenvalue weighted by molar-refractivity contribution is 14.1. The molecule has 0 aromatic heterocycles. The van der Waals surface area contributed by atoms with Gasteiger partial charge in [0.05, 0.1) is 0 Å². The van der Waals surface area contributed by atoms with Crippen molar-refractivity contribution in [2.45, 2.75) is 24.0 Å². The maximum Gasteiger partial charge on any atom is 0.0462 e. The molecule has 12 heavy (non-hydrogen) atoms. The van der Waals surface area contributed by atoms with Gasteiger partial charge in [0, 0.05) is 19.4 Å². The number of halogens is 1. The Morgan fingerprint density at radius 2 is 2.08 bits per heavy atom. The first-order valence-electron chi connectivity index (χ1n) is 3.81. The summed E-state index contributed by atoms with van der Waals surface area (Å²) in [6.07, 6.45) is 0. The van der Waals surface area contributed by atoms with Crippen molar-refractivity contribution in [1.29, 1.82) is 0 Å². The molecule has 1 nitrogen and oxygen atoms in total. The van der Waals surface area contributed by atoms with Crippen LogP contribution < -0.4 is 5.73 Å². The highest BCUT2D eigenvalue weighted by Gasteiger charge is 2.02. The molecule has 3 heteroatoms. The van der Waals surface area contributed by atoms with Crippen LogP contribution in [0.1, 0.15) is 13.8 Å². The third-order valence-electron chi connectivity index (χ3n) is 1.33. The smallest absolute Gasteiger partial charge is 0.0462 e. The Bertz CT molecular complexity index is 273. The van der Waals surface area contributed by atoms with Gasteiger partial charge in [-0.2, -0.15) is 0 Å². The topological polar surface area (TPSA) is 26.0 Å². The Hall–Kier alpha value is 0.1000. The summed E-state index contributed by atoms with van der Waals surface area (Å²) in [5, 5.41) is 0.590. The number of anilines is 1. The van der Waals surface area contributed by atoms with Gasteiger partial charge >= 0.3 is 0 Å². The van der Waals surface area contributed by atoms with Crippen molar-refractivity contribution < 1.29 is 0 Å². The van der Waals surface area contributed by atoms with Crippen molar-refractivity contribution in [2.24, 2.45) is 0 Å². The summed E-state index contributed by atoms with van der Waals surface area (Å²) >= 11 is 4.07. The minimum Gasteiger partial charge on any atom is -0.398 e. The van der Waals surface area contributed by atoms with E-state index in [-0.39, 0.29) is 0 Å². The van der Waals surface area contributed by atoms with Crippen LogP contribution in [0.5, 0.6) is 0 Å². The lowest BCUT2D eigenvalue weighted by Crippen LogP contribution is -1.92. The lowest BCUT2D eigenvalue weighted by Gasteiger charge is -2.07. The van der Waals surface area contributed by atoms with Crippen LogP contribution in [0.2, 0.25) is 0 Å². The Balaban J connectivity index is 2.86. The summed E-state index contributed by atoms with van der Waals surface area (Å²) in [5.41, 5.74) is 6.73. The zero-order valence-electron chi connectivity index (χ0n) is 7.17. The first kappa shape index (κ1) is 10.2. The van der Waals surface area contributed by atoms with Gasteiger partial charge in [-0.3, -0.25) is 0 Å². The third kappa shape index (κ3) is 2.86. The molecule has 0 amide bonds. The molecule has 0 aliphatic rings. The van der Waals surface area contributed by atoms with Gasteiger partial charge in [-0.15, -0.1) is 11.8 Å². The predicted molar refractivity (Wildman–Crippen MR) is 64.6 cm³/mol. The van der Waals surface area contributed by atoms with Crippen LogP contribution in [-0.4, -0.2) is 5.25 Å². The van der Waals surface area contributed by atoms with E-state index in [1.54, 1.807) is 11.8 Å². The molecule has 0 fully saturated rings. The Morgan fingerprint density at radius 3 is 2.58 bits per heavy atom. The largest absolute Gasteiger partial charge is 0.398 e. The van der Waals surface area contributed by atoms with E-state index in [1.807, 2.05) is 6.07 Å². The second-order valence-electron chi connectivity index (χ2n) is 2.85. The lowest BCUT2D eigenvalue weighted by atomic mass is 10.3. The van der Waals surface area contributed by atoms with E-state index in [0.29, 0.717) is 5.25 Å². The van der Waals surface area contributed by atoms with Crippen molar-refractivity contribution in [3.63, 3.8) is 0 Å². The normalized spacial score (nSPS) is 10.7. The lowest BCUT2D eigenvalue weighted by molar-refractivity contribution is 1.11. The fourth-order valence-electron chi connectivity index (χ4n) is 0.881. The Kier molecular flexibility index (Phi) is 3.71. The SMILES string of the molecule is CC(C)Sc1ccc(I)cc1N. The number of rotatable bonds is 2. The zero-order chi connectivity index (χ0) is 9.14. The first-order valence-corrected chi connectivity index (χ1v) is 5.77. The summed E-state index contributed by atoms with van der Waals surface area (Å²) in [6.45, 7) is 4.34. The molecular formula is C9H12INS. The van der Waals surface area contributed by atoms with Crippen LogP contribution in [0.25, 0.3) is 0 Å². The summed E-state index contributed by atoms with van der Waals surface area (Å²) < 4.78 is 1.19. The summed E-state index contributed by atoms with van der Waals surface area (Å²) in [4.78, 5) is 1.19. The highest BCUT2D eigenvalue weighted by Crippen LogP contribution is 2.29. The van der Waals surface area contributed by atoms with Gasteiger partial charge in [0.1, 0.15) is 0 Å². The average Bonchev–Trinajstić information content (AvgIpc) is 1.94. The number of benzene rings is 1. The molecule has 0 bridgehead atoms. The fourth-order valence-corrected chi connectivity index (χ4v) is 2.25. The number of nitrogens with two attached hydrogens (primary N) is 1. The maximum atomic E-state index is 5.84. The molecule has 1 aromatic rings. The van der Waals surface area contributed by atoms with Gasteiger partial charge in [0.15, 0.2) is 0 Å². The van der Waals surface area contributed by atoms with Crippen molar-refractivity contribution in [3.8, 4) is 0 Å². The van der Waals surface area contributed by atoms with Crippen molar-refractivity contribution >= 4 is 40.0 Å². The van der Waals surface area contributed by atoms with Crippen molar-refractivity contribution in [2.75, 3.05) is 5.73 Å². The molecule has 0 atom stereocenters. The first-order chi connectivity index (χ1) is 5.59. The van der Waals surface area contributed by atoms with Crippen LogP contribution >= 0.6 is 34.4 Å². The minimum atomic E-state index is 0.590. The molecule has 0 saturated heterocycles. The van der Waals surface area contributed by atoms with E-state index in [9.17, 15) is 0 Å². The second-order valence-corrected chi connectivity index (χ2v) is 5.71. The standard InChI is InChI=1S/C9H12INS/c1-6(2)12-9-4-3-7(10)5-8(9)11/h3-6H,11H2,1-2H3. The monoisotopic (exact) mass is 293 g/mol. The van der Waals surface area contributed by atoms with Crippen molar-refractivity contribution in [3.05, 3.63) is 21.8 Å². The van der Waals surface area contributed by atoms with Crippen LogP contribution in [0.3, 0.4) is 0 Å². The molecular weight excluding hydrogens is 281 g/mol. The summed E-state index contributed by atoms with van der Waals surface area (Å²) in [5.74, 6) is 0. The number of hydrogen-bond acceptors (Lipinski definition) is 2. The number of nitrogen functional groups attached to an aromatic ring is 1. The molecule has 0 radical (unpaired) electrons. The quantitative estimate of drug-likeness (QED) is 0.514. The maximum absolute atomic E-state index is 5.84. The predicted octanol–water partition coefficient (Wildman–Crippen LogP) is 3.37. The molecule has 0 heterocycles. The van der Waals surface area contributed by atoms with Crippen molar-refractivity contribution in [1.82, 2.24) is 0 Å². The van der Waals surface area contributed by atoms with Crippen LogP contribution in [0.15, 0.2) is 23.1 Å². The van der Waals surface area contributed by atoms with Gasteiger partial charge in [-0.1, -0.05) is 13.8 Å². The van der Waals surface area contributed by atoms with E-state index in [2.05, 4.69) is 48.6 Å². The average molecular weight is 293 g/mol. The summed E-state index contributed by atoms with van der Waals surface area (Å²) in [7, 11) is 0. The highest BCUT2D eigenvalue weighted by atomic mass is 127. The van der Waals surface area contributed by atoms with Gasteiger partial charge < -0.3 is 5.73 Å². The molecule has 0 spiro atoms. The van der Waals surface area contributed by atoms with Gasteiger partial charge in [-0.25, -0.2) is 0 Å². The third-order valence-corrected chi connectivity index (χ3v) is 3.10. The van der Waals surface area contributed by atoms with Crippen LogP contribution in [0.4, 0.5) is 5.69 Å². The van der Waals surface area contributed by atoms with E-state index < -0.39 is 0 Å².